The largest absolute Gasteiger partial charge is 0.465 e. The van der Waals surface area contributed by atoms with Crippen molar-refractivity contribution in [3.8, 4) is 0 Å². The number of hydrogen-bond donors (Lipinski definition) is 2. The molecule has 34 heavy (non-hydrogen) atoms. The highest BCUT2D eigenvalue weighted by Gasteiger charge is 2.56. The summed E-state index contributed by atoms with van der Waals surface area (Å²) in [5.41, 5.74) is 4.34. The van der Waals surface area contributed by atoms with Crippen LogP contribution in [0.15, 0.2) is 12.2 Å². The van der Waals surface area contributed by atoms with Crippen LogP contribution in [0.4, 0.5) is 4.79 Å². The molecule has 0 aliphatic heterocycles. The zero-order valence-electron chi connectivity index (χ0n) is 23.1. The third kappa shape index (κ3) is 5.97. The van der Waals surface area contributed by atoms with Crippen LogP contribution in [0.5, 0.6) is 0 Å². The first-order valence-electron chi connectivity index (χ1n) is 13.6. The predicted octanol–water partition coefficient (Wildman–Crippen LogP) is 7.41. The second-order valence-corrected chi connectivity index (χ2v) is 17.1. The lowest BCUT2D eigenvalue weighted by Gasteiger charge is -2.50. The van der Waals surface area contributed by atoms with Gasteiger partial charge in [-0.2, -0.15) is 0 Å². The average molecular weight is 494 g/mol. The second kappa shape index (κ2) is 10.9. The lowest BCUT2D eigenvalue weighted by Crippen LogP contribution is -2.49. The van der Waals surface area contributed by atoms with Crippen molar-refractivity contribution in [2.45, 2.75) is 118 Å². The standard InChI is InChI=1S/C27H48O2Si.CH3NO2/c1-9-30(10-2,11-3)29-22-13-12-17-26(7)21(22)14-15-23(26)25(5,6)18-16-24(28)27(8)19-20(27)4;2-1(3)4/h16,18,20-23H,9-15,17,19H2,1-8H3;2H2,(H,3,4). The quantitative estimate of drug-likeness (QED) is 0.258. The number of amides is 1. The average Bonchev–Trinajstić information content (AvgIpc) is 3.21. The van der Waals surface area contributed by atoms with Crippen LogP contribution in [-0.4, -0.2) is 31.4 Å². The highest BCUT2D eigenvalue weighted by molar-refractivity contribution is 6.73. The third-order valence-corrected chi connectivity index (χ3v) is 14.8. The zero-order chi connectivity index (χ0) is 25.9. The zero-order valence-corrected chi connectivity index (χ0v) is 24.1. The van der Waals surface area contributed by atoms with E-state index in [0.29, 0.717) is 35.1 Å². The van der Waals surface area contributed by atoms with Gasteiger partial charge in [0.05, 0.1) is 0 Å². The minimum absolute atomic E-state index is 0.0598. The Morgan fingerprint density at radius 3 is 2.12 bits per heavy atom. The Balaban J connectivity index is 0.000000945. The van der Waals surface area contributed by atoms with Gasteiger partial charge in [-0.25, -0.2) is 4.79 Å². The Morgan fingerprint density at radius 2 is 1.65 bits per heavy atom. The molecule has 0 saturated heterocycles. The molecule has 1 amide bonds. The van der Waals surface area contributed by atoms with Gasteiger partial charge in [0.15, 0.2) is 14.1 Å². The highest BCUT2D eigenvalue weighted by atomic mass is 28.4. The monoisotopic (exact) mass is 493 g/mol. The van der Waals surface area contributed by atoms with Crippen LogP contribution in [0.25, 0.3) is 0 Å². The van der Waals surface area contributed by atoms with E-state index < -0.39 is 14.4 Å². The molecular weight excluding hydrogens is 442 g/mol. The molecule has 196 valence electrons. The molecule has 3 aliphatic rings. The van der Waals surface area contributed by atoms with Crippen molar-refractivity contribution in [2.75, 3.05) is 0 Å². The van der Waals surface area contributed by atoms with E-state index in [9.17, 15) is 4.79 Å². The number of carbonyl (C=O) groups is 2. The van der Waals surface area contributed by atoms with Crippen LogP contribution in [0.3, 0.4) is 0 Å². The smallest absolute Gasteiger partial charge is 0.402 e. The number of primary amides is 1. The van der Waals surface area contributed by atoms with Gasteiger partial charge in [-0.3, -0.25) is 4.79 Å². The van der Waals surface area contributed by atoms with Crippen LogP contribution in [-0.2, 0) is 9.22 Å². The molecule has 0 aromatic carbocycles. The fourth-order valence-electron chi connectivity index (χ4n) is 7.32. The molecule has 0 radical (unpaired) electrons. The van der Waals surface area contributed by atoms with Crippen molar-refractivity contribution in [1.29, 1.82) is 0 Å². The summed E-state index contributed by atoms with van der Waals surface area (Å²) in [5, 5.41) is 7.19. The number of fused-ring (bicyclic) bond motifs is 1. The van der Waals surface area contributed by atoms with Gasteiger partial charge in [0.25, 0.3) is 0 Å². The maximum Gasteiger partial charge on any atom is 0.402 e. The molecule has 6 unspecified atom stereocenters. The molecule has 6 heteroatoms. The molecular formula is C28H51NO4Si. The Hall–Kier alpha value is -1.14. The normalized spacial score (nSPS) is 35.4. The summed E-state index contributed by atoms with van der Waals surface area (Å²) < 4.78 is 7.10. The number of rotatable bonds is 9. The van der Waals surface area contributed by atoms with Gasteiger partial charge in [0, 0.05) is 11.5 Å². The van der Waals surface area contributed by atoms with Crippen LogP contribution < -0.4 is 5.73 Å². The first-order valence-corrected chi connectivity index (χ1v) is 16.1. The van der Waals surface area contributed by atoms with Crippen molar-refractivity contribution in [2.24, 2.45) is 39.7 Å². The number of carboxylic acid groups (broad SMARTS) is 1. The fraction of sp³-hybridized carbons (Fsp3) is 0.857. The topological polar surface area (TPSA) is 89.6 Å². The SMILES string of the molecule is CC[Si](CC)(CC)OC1CCCC2(C)C1CCC2C(C)(C)C=CC(=O)C1(C)CC1C.NC(=O)O. The Morgan fingerprint density at radius 1 is 1.12 bits per heavy atom. The summed E-state index contributed by atoms with van der Waals surface area (Å²) in [4.78, 5) is 21.5. The first kappa shape index (κ1) is 29.1. The van der Waals surface area contributed by atoms with E-state index in [1.165, 1.54) is 50.2 Å². The van der Waals surface area contributed by atoms with Gasteiger partial charge in [-0.1, -0.05) is 67.9 Å². The van der Waals surface area contributed by atoms with Crippen LogP contribution >= 0.6 is 0 Å². The summed E-state index contributed by atoms with van der Waals surface area (Å²) in [6.45, 7) is 18.7. The maximum atomic E-state index is 12.8. The molecule has 3 N–H and O–H groups in total. The van der Waals surface area contributed by atoms with E-state index in [4.69, 9.17) is 14.3 Å². The highest BCUT2D eigenvalue weighted by Crippen LogP contribution is 2.62. The van der Waals surface area contributed by atoms with E-state index in [2.05, 4.69) is 67.2 Å². The van der Waals surface area contributed by atoms with Gasteiger partial charge in [0.1, 0.15) is 0 Å². The minimum Gasteiger partial charge on any atom is -0.465 e. The van der Waals surface area contributed by atoms with E-state index in [1.54, 1.807) is 0 Å². The molecule has 0 bridgehead atoms. The van der Waals surface area contributed by atoms with E-state index in [-0.39, 0.29) is 10.8 Å². The number of nitrogens with two attached hydrogens (primary N) is 1. The summed E-state index contributed by atoms with van der Waals surface area (Å²) in [5.74, 6) is 2.22. The molecule has 0 heterocycles. The molecule has 0 spiro atoms. The lowest BCUT2D eigenvalue weighted by atomic mass is 9.58. The Labute approximate surface area is 209 Å². The molecule has 0 aromatic rings. The molecule has 3 aliphatic carbocycles. The molecule has 5 nitrogen and oxygen atoms in total. The number of ketones is 1. The number of hydrogen-bond acceptors (Lipinski definition) is 3. The summed E-state index contributed by atoms with van der Waals surface area (Å²) >= 11 is 0. The van der Waals surface area contributed by atoms with Crippen molar-refractivity contribution in [3.05, 3.63) is 12.2 Å². The number of allylic oxidation sites excluding steroid dienone is 2. The Bertz CT molecular complexity index is 749. The van der Waals surface area contributed by atoms with Gasteiger partial charge in [0.2, 0.25) is 0 Å². The first-order chi connectivity index (χ1) is 15.7. The van der Waals surface area contributed by atoms with Gasteiger partial charge >= 0.3 is 6.09 Å². The molecule has 3 saturated carbocycles. The lowest BCUT2D eigenvalue weighted by molar-refractivity contribution is -0.119. The third-order valence-electron chi connectivity index (χ3n) is 10.2. The second-order valence-electron chi connectivity index (χ2n) is 12.4. The molecule has 3 fully saturated rings. The fourth-order valence-corrected chi connectivity index (χ4v) is 10.2. The molecule has 0 aromatic heterocycles. The maximum absolute atomic E-state index is 12.8. The molecule has 6 atom stereocenters. The van der Waals surface area contributed by atoms with Crippen molar-refractivity contribution >= 4 is 20.2 Å². The van der Waals surface area contributed by atoms with Crippen molar-refractivity contribution in [1.82, 2.24) is 0 Å². The Kier molecular flexibility index (Phi) is 9.29. The summed E-state index contributed by atoms with van der Waals surface area (Å²) in [6, 6.07) is 3.74. The van der Waals surface area contributed by atoms with Crippen molar-refractivity contribution < 1.29 is 19.1 Å². The van der Waals surface area contributed by atoms with Gasteiger partial charge in [-0.05, 0) is 84.9 Å². The van der Waals surface area contributed by atoms with Crippen molar-refractivity contribution in [3.63, 3.8) is 0 Å². The molecule has 3 rings (SSSR count). The van der Waals surface area contributed by atoms with Crippen LogP contribution in [0, 0.1) is 34.0 Å². The van der Waals surface area contributed by atoms with E-state index in [0.717, 1.165) is 6.42 Å². The minimum atomic E-state index is -1.57. The summed E-state index contributed by atoms with van der Waals surface area (Å²) in [6.07, 6.45) is 10.9. The van der Waals surface area contributed by atoms with Crippen LogP contribution in [0.2, 0.25) is 18.1 Å². The van der Waals surface area contributed by atoms with E-state index in [1.807, 2.05) is 6.08 Å². The van der Waals surface area contributed by atoms with E-state index >= 15 is 0 Å². The van der Waals surface area contributed by atoms with Gasteiger partial charge < -0.3 is 15.3 Å². The number of carbonyl (C=O) groups excluding carboxylic acids is 1. The predicted molar refractivity (Wildman–Crippen MR) is 142 cm³/mol. The summed E-state index contributed by atoms with van der Waals surface area (Å²) in [7, 11) is -1.57. The van der Waals surface area contributed by atoms with Crippen LogP contribution in [0.1, 0.15) is 93.9 Å². The van der Waals surface area contributed by atoms with Gasteiger partial charge in [-0.15, -0.1) is 0 Å².